The predicted octanol–water partition coefficient (Wildman–Crippen LogP) is 6.51. The number of Topliss-reactive ketones (excluding diaryl/α,β-unsaturated/α-hetero) is 2. The number of aromatic nitrogens is 6. The Hall–Kier alpha value is -6.06. The van der Waals surface area contributed by atoms with E-state index in [4.69, 9.17) is 33.0 Å². The standard InChI is InChI=1S/C24H27ClN4O3.C22H23ClN4O3/c1-3-29-19(14-20(28-29)18-10-11-26-23(25)13-18)15-22(30)21(27-16-24(31)32-4-2)12-17-8-6-5-7-9-17;1-2-27-17(12-18(26-27)16-8-9-24-21(23)11-16)13-20(28)19(25-14-22(29)30)10-15-6-4-3-5-7-15/h5-11,13-14,21,27H,3-4,12,15-16H2,1-2H3;3-9,11-12,19,25H,2,10,13-14H2,1H3,(H,29,30)/t21-;19-/m00/s1. The number of carboxylic acids is 1. The van der Waals surface area contributed by atoms with Gasteiger partial charge in [0, 0.05) is 48.0 Å². The molecule has 0 aliphatic carbocycles. The summed E-state index contributed by atoms with van der Waals surface area (Å²) in [4.78, 5) is 57.2. The van der Waals surface area contributed by atoms with Gasteiger partial charge < -0.3 is 9.84 Å². The molecule has 0 saturated heterocycles. The molecule has 3 N–H and O–H groups in total. The Balaban J connectivity index is 0.000000235. The van der Waals surface area contributed by atoms with Crippen LogP contribution in [0.2, 0.25) is 10.3 Å². The lowest BCUT2D eigenvalue weighted by molar-refractivity contribution is -0.142. The molecule has 0 aliphatic rings. The normalized spacial score (nSPS) is 11.9. The number of carboxylic acid groups (broad SMARTS) is 1. The number of nitrogens with zero attached hydrogens (tertiary/aromatic N) is 6. The monoisotopic (exact) mass is 880 g/mol. The fourth-order valence-corrected chi connectivity index (χ4v) is 7.03. The highest BCUT2D eigenvalue weighted by atomic mass is 35.5. The van der Waals surface area contributed by atoms with Crippen molar-refractivity contribution >= 4 is 46.7 Å². The van der Waals surface area contributed by atoms with Gasteiger partial charge >= 0.3 is 11.9 Å². The van der Waals surface area contributed by atoms with Gasteiger partial charge in [0.15, 0.2) is 11.6 Å². The number of nitrogens with one attached hydrogen (secondary N) is 2. The van der Waals surface area contributed by atoms with E-state index in [1.807, 2.05) is 103 Å². The number of esters is 1. The Labute approximate surface area is 370 Å². The van der Waals surface area contributed by atoms with E-state index in [9.17, 15) is 19.2 Å². The van der Waals surface area contributed by atoms with E-state index >= 15 is 0 Å². The van der Waals surface area contributed by atoms with Gasteiger partial charge in [0.2, 0.25) is 0 Å². The summed E-state index contributed by atoms with van der Waals surface area (Å²) in [5, 5.41) is 24.9. The summed E-state index contributed by atoms with van der Waals surface area (Å²) < 4.78 is 8.58. The van der Waals surface area contributed by atoms with Crippen molar-refractivity contribution in [1.82, 2.24) is 40.2 Å². The van der Waals surface area contributed by atoms with E-state index in [2.05, 4.69) is 30.8 Å². The number of carbonyl (C=O) groups excluding carboxylic acids is 3. The van der Waals surface area contributed by atoms with E-state index < -0.39 is 18.1 Å². The maximum absolute atomic E-state index is 13.3. The molecule has 0 spiro atoms. The molecule has 4 aromatic heterocycles. The molecule has 0 amide bonds. The highest BCUT2D eigenvalue weighted by Gasteiger charge is 2.24. The van der Waals surface area contributed by atoms with Crippen molar-refractivity contribution in [3.05, 3.63) is 142 Å². The Morgan fingerprint density at radius 1 is 0.645 bits per heavy atom. The average molecular weight is 882 g/mol. The van der Waals surface area contributed by atoms with E-state index in [0.717, 1.165) is 39.3 Å². The van der Waals surface area contributed by atoms with Crippen LogP contribution in [-0.2, 0) is 62.7 Å². The van der Waals surface area contributed by atoms with E-state index in [1.165, 1.54) is 0 Å². The summed E-state index contributed by atoms with van der Waals surface area (Å²) in [6.07, 6.45) is 4.46. The van der Waals surface area contributed by atoms with Gasteiger partial charge in [0.05, 0.1) is 56.0 Å². The molecule has 0 radical (unpaired) electrons. The SMILES string of the molecule is CCOC(=O)CN[C@@H](Cc1ccccc1)C(=O)Cc1cc(-c2ccnc(Cl)c2)nn1CC.CCn1nc(-c2ccnc(Cl)c2)cc1CC(=O)[C@H](Cc1ccccc1)NCC(=O)O. The molecule has 324 valence electrons. The van der Waals surface area contributed by atoms with E-state index in [-0.39, 0.29) is 43.5 Å². The predicted molar refractivity (Wildman–Crippen MR) is 238 cm³/mol. The third kappa shape index (κ3) is 14.3. The molecule has 0 saturated carbocycles. The molecular formula is C46H50Cl2N8O6. The number of ether oxygens (including phenoxy) is 1. The lowest BCUT2D eigenvalue weighted by Crippen LogP contribution is -2.42. The number of pyridine rings is 2. The molecule has 6 aromatic rings. The summed E-state index contributed by atoms with van der Waals surface area (Å²) in [5.74, 6) is -1.49. The minimum absolute atomic E-state index is 0.0212. The number of halogens is 2. The lowest BCUT2D eigenvalue weighted by Gasteiger charge is -2.18. The molecule has 62 heavy (non-hydrogen) atoms. The minimum Gasteiger partial charge on any atom is -0.480 e. The third-order valence-electron chi connectivity index (χ3n) is 9.72. The first-order valence-corrected chi connectivity index (χ1v) is 21.1. The van der Waals surface area contributed by atoms with Crippen molar-refractivity contribution < 1.29 is 29.0 Å². The third-order valence-corrected chi connectivity index (χ3v) is 10.1. The molecule has 6 rings (SSSR count). The number of carbonyl (C=O) groups is 4. The highest BCUT2D eigenvalue weighted by molar-refractivity contribution is 6.29. The second kappa shape index (κ2) is 23.8. The average Bonchev–Trinajstić information content (AvgIpc) is 3.88. The van der Waals surface area contributed by atoms with Crippen molar-refractivity contribution in [2.45, 2.75) is 71.6 Å². The number of ketones is 2. The van der Waals surface area contributed by atoms with Crippen LogP contribution in [0.15, 0.2) is 109 Å². The van der Waals surface area contributed by atoms with Gasteiger partial charge in [-0.3, -0.25) is 39.2 Å². The lowest BCUT2D eigenvalue weighted by atomic mass is 9.99. The Kier molecular flexibility index (Phi) is 18.0. The number of aryl methyl sites for hydroxylation is 2. The van der Waals surface area contributed by atoms with Crippen LogP contribution in [0, 0.1) is 0 Å². The van der Waals surface area contributed by atoms with Crippen LogP contribution < -0.4 is 10.6 Å². The number of benzene rings is 2. The van der Waals surface area contributed by atoms with Gasteiger partial charge in [0.1, 0.15) is 10.3 Å². The van der Waals surface area contributed by atoms with Crippen LogP contribution in [0.1, 0.15) is 43.3 Å². The molecule has 0 aliphatic heterocycles. The molecule has 16 heteroatoms. The molecule has 0 bridgehead atoms. The smallest absolute Gasteiger partial charge is 0.319 e. The second-order valence-corrected chi connectivity index (χ2v) is 14.9. The van der Waals surface area contributed by atoms with E-state index in [0.29, 0.717) is 48.5 Å². The van der Waals surface area contributed by atoms with Crippen molar-refractivity contribution in [2.75, 3.05) is 19.7 Å². The number of rotatable bonds is 21. The molecule has 0 fully saturated rings. The van der Waals surface area contributed by atoms with Crippen LogP contribution in [0.5, 0.6) is 0 Å². The molecule has 2 aromatic carbocycles. The van der Waals surface area contributed by atoms with Crippen LogP contribution in [-0.4, -0.2) is 89.9 Å². The maximum atomic E-state index is 13.3. The largest absolute Gasteiger partial charge is 0.480 e. The first-order chi connectivity index (χ1) is 30.0. The Bertz CT molecular complexity index is 2410. The minimum atomic E-state index is -1.00. The summed E-state index contributed by atoms with van der Waals surface area (Å²) in [5.41, 5.74) is 6.65. The maximum Gasteiger partial charge on any atom is 0.319 e. The molecule has 2 atom stereocenters. The Morgan fingerprint density at radius 2 is 1.08 bits per heavy atom. The van der Waals surface area contributed by atoms with Crippen LogP contribution >= 0.6 is 23.2 Å². The number of aliphatic carboxylic acids is 1. The molecule has 0 unspecified atom stereocenters. The first kappa shape index (κ1) is 47.0. The van der Waals surface area contributed by atoms with Crippen molar-refractivity contribution in [3.63, 3.8) is 0 Å². The zero-order valence-corrected chi connectivity index (χ0v) is 36.4. The van der Waals surface area contributed by atoms with Crippen LogP contribution in [0.25, 0.3) is 22.5 Å². The number of hydrogen-bond acceptors (Lipinski definition) is 11. The van der Waals surface area contributed by atoms with Gasteiger partial charge in [-0.05, 0) is 81.1 Å². The van der Waals surface area contributed by atoms with Gasteiger partial charge in [0.25, 0.3) is 0 Å². The second-order valence-electron chi connectivity index (χ2n) is 14.1. The Morgan fingerprint density at radius 3 is 1.47 bits per heavy atom. The molecule has 14 nitrogen and oxygen atoms in total. The van der Waals surface area contributed by atoms with Gasteiger partial charge in [-0.1, -0.05) is 83.9 Å². The summed E-state index contributed by atoms with van der Waals surface area (Å²) >= 11 is 12.0. The summed E-state index contributed by atoms with van der Waals surface area (Å²) in [7, 11) is 0. The molecule has 4 heterocycles. The zero-order valence-electron chi connectivity index (χ0n) is 34.8. The summed E-state index contributed by atoms with van der Waals surface area (Å²) in [6.45, 7) is 6.91. The van der Waals surface area contributed by atoms with Gasteiger partial charge in [-0.25, -0.2) is 9.97 Å². The quantitative estimate of drug-likeness (QED) is 0.0527. The fraction of sp³-hybridized carbons (Fsp3) is 0.304. The topological polar surface area (TPSA) is 183 Å². The van der Waals surface area contributed by atoms with Gasteiger partial charge in [-0.2, -0.15) is 10.2 Å². The highest BCUT2D eigenvalue weighted by Crippen LogP contribution is 2.24. The first-order valence-electron chi connectivity index (χ1n) is 20.3. The van der Waals surface area contributed by atoms with Crippen LogP contribution in [0.3, 0.4) is 0 Å². The molecular weight excluding hydrogens is 831 g/mol. The van der Waals surface area contributed by atoms with Crippen molar-refractivity contribution in [1.29, 1.82) is 0 Å². The van der Waals surface area contributed by atoms with E-state index in [1.54, 1.807) is 36.1 Å². The summed E-state index contributed by atoms with van der Waals surface area (Å²) in [6, 6.07) is 29.0. The van der Waals surface area contributed by atoms with Gasteiger partial charge in [-0.15, -0.1) is 0 Å². The van der Waals surface area contributed by atoms with Crippen molar-refractivity contribution in [3.8, 4) is 22.5 Å². The van der Waals surface area contributed by atoms with Crippen molar-refractivity contribution in [2.24, 2.45) is 0 Å². The zero-order chi connectivity index (χ0) is 44.4. The fourth-order valence-electron chi connectivity index (χ4n) is 6.68. The number of hydrogen-bond donors (Lipinski definition) is 3. The van der Waals surface area contributed by atoms with Crippen LogP contribution in [0.4, 0.5) is 0 Å².